The van der Waals surface area contributed by atoms with Gasteiger partial charge in [0.15, 0.2) is 5.11 Å². The molecule has 90 valence electrons. The lowest BCUT2D eigenvalue weighted by molar-refractivity contribution is -0.111. The lowest BCUT2D eigenvalue weighted by atomic mass is 10.3. The van der Waals surface area contributed by atoms with Gasteiger partial charge in [0, 0.05) is 0 Å². The number of carbonyl (C=O) groups excluding carboxylic acids is 2. The second-order valence-corrected chi connectivity index (χ2v) is 3.61. The van der Waals surface area contributed by atoms with Gasteiger partial charge < -0.3 is 15.3 Å². The molecule has 0 fully saturated rings. The smallest absolute Gasteiger partial charge is 0.185 e. The number of rotatable bonds is 6. The van der Waals surface area contributed by atoms with E-state index in [2.05, 4.69) is 0 Å². The molecule has 17 heavy (non-hydrogen) atoms. The Morgan fingerprint density at radius 1 is 1.18 bits per heavy atom. The second kappa shape index (κ2) is 6.72. The van der Waals surface area contributed by atoms with Gasteiger partial charge in [0.05, 0.1) is 18.8 Å². The van der Waals surface area contributed by atoms with Crippen LogP contribution in [-0.4, -0.2) is 35.8 Å². The fourth-order valence-corrected chi connectivity index (χ4v) is 1.63. The van der Waals surface area contributed by atoms with E-state index < -0.39 is 0 Å². The molecule has 0 saturated carbocycles. The van der Waals surface area contributed by atoms with Crippen molar-refractivity contribution in [2.24, 2.45) is 5.73 Å². The number of thiocarbonyl (C=S) groups is 1. The van der Waals surface area contributed by atoms with E-state index in [1.54, 1.807) is 12.1 Å². The van der Waals surface area contributed by atoms with Gasteiger partial charge in [-0.25, -0.2) is 10.0 Å². The number of benzene rings is 1. The van der Waals surface area contributed by atoms with Crippen LogP contribution >= 0.6 is 12.2 Å². The summed E-state index contributed by atoms with van der Waals surface area (Å²) in [5, 5.41) is 3.02. The van der Waals surface area contributed by atoms with Crippen LogP contribution in [0.4, 0.5) is 5.69 Å². The molecule has 0 radical (unpaired) electrons. The standard InChI is InChI=1S/C11H13N3O2S/c12-11(17)14(10-4-2-1-3-5-10)13(6-8-15)7-9-16/h1-5,8-9H,6-7H2,(H2,12,17). The van der Waals surface area contributed by atoms with Crippen LogP contribution in [0.5, 0.6) is 0 Å². The molecule has 0 aliphatic rings. The summed E-state index contributed by atoms with van der Waals surface area (Å²) in [7, 11) is 0. The molecular weight excluding hydrogens is 238 g/mol. The van der Waals surface area contributed by atoms with Gasteiger partial charge in [0.1, 0.15) is 12.6 Å². The first kappa shape index (κ1) is 13.3. The van der Waals surface area contributed by atoms with Crippen molar-refractivity contribution < 1.29 is 9.59 Å². The summed E-state index contributed by atoms with van der Waals surface area (Å²) in [6, 6.07) is 9.08. The molecule has 0 aliphatic heterocycles. The van der Waals surface area contributed by atoms with Crippen molar-refractivity contribution in [3.05, 3.63) is 30.3 Å². The van der Waals surface area contributed by atoms with Crippen molar-refractivity contribution in [3.8, 4) is 0 Å². The van der Waals surface area contributed by atoms with Crippen molar-refractivity contribution in [2.45, 2.75) is 0 Å². The van der Waals surface area contributed by atoms with Gasteiger partial charge >= 0.3 is 0 Å². The summed E-state index contributed by atoms with van der Waals surface area (Å²) in [4.78, 5) is 21.2. The summed E-state index contributed by atoms with van der Waals surface area (Å²) in [5.41, 5.74) is 6.33. The zero-order valence-corrected chi connectivity index (χ0v) is 9.97. The van der Waals surface area contributed by atoms with Gasteiger partial charge in [-0.05, 0) is 24.4 Å². The Bertz CT molecular complexity index is 387. The van der Waals surface area contributed by atoms with Crippen LogP contribution in [0.3, 0.4) is 0 Å². The van der Waals surface area contributed by atoms with Crippen molar-refractivity contribution in [1.29, 1.82) is 0 Å². The number of carbonyl (C=O) groups is 2. The molecule has 0 saturated heterocycles. The minimum atomic E-state index is 0.0466. The minimum Gasteiger partial charge on any atom is -0.375 e. The van der Waals surface area contributed by atoms with Crippen LogP contribution in [0, 0.1) is 0 Å². The molecule has 5 nitrogen and oxygen atoms in total. The predicted molar refractivity (Wildman–Crippen MR) is 69.4 cm³/mol. The molecule has 0 amide bonds. The van der Waals surface area contributed by atoms with E-state index in [1.807, 2.05) is 18.2 Å². The Labute approximate surface area is 105 Å². The van der Waals surface area contributed by atoms with E-state index in [0.717, 1.165) is 0 Å². The Morgan fingerprint density at radius 2 is 1.71 bits per heavy atom. The molecule has 0 spiro atoms. The number of nitrogens with zero attached hydrogens (tertiary/aromatic N) is 2. The highest BCUT2D eigenvalue weighted by Gasteiger charge is 2.17. The Hall–Kier alpha value is -1.79. The van der Waals surface area contributed by atoms with E-state index >= 15 is 0 Å². The number of hydrogen-bond donors (Lipinski definition) is 1. The maximum atomic E-state index is 10.6. The second-order valence-electron chi connectivity index (χ2n) is 3.19. The lowest BCUT2D eigenvalue weighted by Crippen LogP contribution is -2.50. The van der Waals surface area contributed by atoms with E-state index in [1.165, 1.54) is 10.0 Å². The first-order chi connectivity index (χ1) is 8.20. The van der Waals surface area contributed by atoms with Crippen LogP contribution in [0.25, 0.3) is 0 Å². The Balaban J connectivity index is 3.01. The van der Waals surface area contributed by atoms with E-state index in [4.69, 9.17) is 18.0 Å². The highest BCUT2D eigenvalue weighted by Crippen LogP contribution is 2.15. The number of aldehydes is 2. The summed E-state index contributed by atoms with van der Waals surface area (Å²) < 4.78 is 0. The highest BCUT2D eigenvalue weighted by molar-refractivity contribution is 7.80. The Kier molecular flexibility index (Phi) is 5.25. The van der Waals surface area contributed by atoms with Gasteiger partial charge in [-0.15, -0.1) is 0 Å². The van der Waals surface area contributed by atoms with Gasteiger partial charge in [0.2, 0.25) is 0 Å². The summed E-state index contributed by atoms with van der Waals surface area (Å²) in [6.07, 6.45) is 1.38. The number of anilines is 1. The van der Waals surface area contributed by atoms with Crippen LogP contribution in [0.1, 0.15) is 0 Å². The molecule has 0 aromatic heterocycles. The summed E-state index contributed by atoms with van der Waals surface area (Å²) in [6.45, 7) is 0.0932. The van der Waals surface area contributed by atoms with Gasteiger partial charge in [-0.3, -0.25) is 0 Å². The average molecular weight is 251 g/mol. The van der Waals surface area contributed by atoms with E-state index in [-0.39, 0.29) is 18.2 Å². The van der Waals surface area contributed by atoms with Crippen molar-refractivity contribution in [1.82, 2.24) is 5.01 Å². The molecule has 1 rings (SSSR count). The van der Waals surface area contributed by atoms with E-state index in [0.29, 0.717) is 18.3 Å². The number of para-hydroxylation sites is 1. The normalized spacial score (nSPS) is 9.94. The van der Waals surface area contributed by atoms with Crippen LogP contribution in [0.2, 0.25) is 0 Å². The number of hydrazine groups is 1. The maximum absolute atomic E-state index is 10.6. The van der Waals surface area contributed by atoms with Gasteiger partial charge in [-0.1, -0.05) is 18.2 Å². The van der Waals surface area contributed by atoms with Crippen molar-refractivity contribution in [3.63, 3.8) is 0 Å². The van der Waals surface area contributed by atoms with Crippen molar-refractivity contribution in [2.75, 3.05) is 18.1 Å². The molecule has 6 heteroatoms. The van der Waals surface area contributed by atoms with Crippen LogP contribution in [0.15, 0.2) is 30.3 Å². The highest BCUT2D eigenvalue weighted by atomic mass is 32.1. The quantitative estimate of drug-likeness (QED) is 0.447. The monoisotopic (exact) mass is 251 g/mol. The summed E-state index contributed by atoms with van der Waals surface area (Å²) >= 11 is 4.93. The molecule has 0 atom stereocenters. The first-order valence-corrected chi connectivity index (χ1v) is 5.38. The molecule has 0 bridgehead atoms. The fourth-order valence-electron chi connectivity index (χ4n) is 1.41. The molecule has 0 aliphatic carbocycles. The molecular formula is C11H13N3O2S. The molecule has 2 N–H and O–H groups in total. The zero-order valence-electron chi connectivity index (χ0n) is 9.15. The third kappa shape index (κ3) is 3.61. The third-order valence-electron chi connectivity index (χ3n) is 2.06. The van der Waals surface area contributed by atoms with Crippen LogP contribution < -0.4 is 10.7 Å². The zero-order chi connectivity index (χ0) is 12.7. The molecule has 0 unspecified atom stereocenters. The largest absolute Gasteiger partial charge is 0.375 e. The lowest BCUT2D eigenvalue weighted by Gasteiger charge is -2.32. The fraction of sp³-hybridized carbons (Fsp3) is 0.182. The van der Waals surface area contributed by atoms with Gasteiger partial charge in [-0.2, -0.15) is 0 Å². The maximum Gasteiger partial charge on any atom is 0.185 e. The first-order valence-electron chi connectivity index (χ1n) is 4.97. The van der Waals surface area contributed by atoms with E-state index in [9.17, 15) is 9.59 Å². The summed E-state index contributed by atoms with van der Waals surface area (Å²) in [5.74, 6) is 0. The average Bonchev–Trinajstić information content (AvgIpc) is 2.31. The number of nitrogens with two attached hydrogens (primary N) is 1. The van der Waals surface area contributed by atoms with Gasteiger partial charge in [0.25, 0.3) is 0 Å². The molecule has 0 heterocycles. The number of hydrogen-bond acceptors (Lipinski definition) is 4. The SMILES string of the molecule is NC(=S)N(c1ccccc1)N(CC=O)CC=O. The van der Waals surface area contributed by atoms with Crippen molar-refractivity contribution >= 4 is 35.6 Å². The molecule has 1 aromatic rings. The predicted octanol–water partition coefficient (Wildman–Crippen LogP) is 0.351. The third-order valence-corrected chi connectivity index (χ3v) is 2.24. The Morgan fingerprint density at radius 3 is 2.12 bits per heavy atom. The van der Waals surface area contributed by atoms with Crippen LogP contribution in [-0.2, 0) is 9.59 Å². The minimum absolute atomic E-state index is 0.0466. The topological polar surface area (TPSA) is 66.6 Å². The molecule has 1 aromatic carbocycles.